The van der Waals surface area contributed by atoms with E-state index >= 15 is 0 Å². The molecular weight excluding hydrogens is 600 g/mol. The number of fused-ring (bicyclic) bond motifs is 2. The molecule has 4 bridgehead atoms. The number of nitrogens with zero attached hydrogens (tertiary/aromatic N) is 2. The van der Waals surface area contributed by atoms with Crippen molar-refractivity contribution in [2.45, 2.75) is 107 Å². The van der Waals surface area contributed by atoms with Crippen molar-refractivity contribution < 1.29 is 38.2 Å². The molecule has 1 unspecified atom stereocenters. The molecule has 1 saturated heterocycles. The Hall–Kier alpha value is -2.89. The van der Waals surface area contributed by atoms with Gasteiger partial charge in [-0.3, -0.25) is 9.59 Å². The van der Waals surface area contributed by atoms with Crippen LogP contribution in [-0.4, -0.2) is 109 Å². The molecule has 1 aromatic carbocycles. The number of quaternary nitrogens is 1. The largest absolute Gasteiger partial charge is 0.482 e. The van der Waals surface area contributed by atoms with E-state index in [2.05, 4.69) is 23.7 Å². The maximum Gasteiger partial charge on any atom is 0.415 e. The molecule has 4 saturated carbocycles. The number of nitrogens with one attached hydrogen (secondary N) is 2. The fourth-order valence-electron chi connectivity index (χ4n) is 11.1. The Morgan fingerprint density at radius 2 is 1.96 bits per heavy atom. The zero-order valence-corrected chi connectivity index (χ0v) is 29.1. The number of benzene rings is 1. The summed E-state index contributed by atoms with van der Waals surface area (Å²) >= 11 is 0. The third-order valence-electron chi connectivity index (χ3n) is 13.3. The maximum absolute atomic E-state index is 13.4. The van der Waals surface area contributed by atoms with Crippen LogP contribution in [-0.2, 0) is 26.2 Å². The summed E-state index contributed by atoms with van der Waals surface area (Å²) in [5.74, 6) is 1.17. The highest BCUT2D eigenvalue weighted by atomic mass is 16.6. The van der Waals surface area contributed by atoms with Gasteiger partial charge in [-0.25, -0.2) is 4.79 Å². The molecule has 3 N–H and O–H groups in total. The first-order valence-electron chi connectivity index (χ1n) is 17.5. The Labute approximate surface area is 278 Å². The molecule has 258 valence electrons. The van der Waals surface area contributed by atoms with Crippen LogP contribution in [0.5, 0.6) is 11.5 Å². The molecule has 47 heavy (non-hydrogen) atoms. The summed E-state index contributed by atoms with van der Waals surface area (Å²) in [7, 11) is 5.90. The first-order chi connectivity index (χ1) is 22.1. The number of carbonyl (C=O) groups is 3. The first-order valence-corrected chi connectivity index (χ1v) is 17.5. The summed E-state index contributed by atoms with van der Waals surface area (Å²) in [5.41, 5.74) is 0.542. The van der Waals surface area contributed by atoms with Crippen molar-refractivity contribution in [3.8, 4) is 11.5 Å². The zero-order valence-electron chi connectivity index (χ0n) is 29.1. The highest BCUT2D eigenvalue weighted by Gasteiger charge is 2.84. The van der Waals surface area contributed by atoms with E-state index in [-0.39, 0.29) is 47.8 Å². The summed E-state index contributed by atoms with van der Waals surface area (Å²) < 4.78 is 20.9. The monoisotopic (exact) mass is 653 g/mol. The van der Waals surface area contributed by atoms with Gasteiger partial charge in [0.15, 0.2) is 11.5 Å². The lowest BCUT2D eigenvalue weighted by Gasteiger charge is -2.75. The Bertz CT molecular complexity index is 1490. The van der Waals surface area contributed by atoms with Gasteiger partial charge in [0.2, 0.25) is 11.8 Å². The fraction of sp³-hybridized carbons (Fsp3) is 0.750. The summed E-state index contributed by atoms with van der Waals surface area (Å²) in [6, 6.07) is 3.79. The number of amides is 3. The van der Waals surface area contributed by atoms with Crippen LogP contribution >= 0.6 is 0 Å². The van der Waals surface area contributed by atoms with Gasteiger partial charge in [-0.05, 0) is 64.5 Å². The molecule has 2 spiro atoms. The van der Waals surface area contributed by atoms with Crippen molar-refractivity contribution in [3.05, 3.63) is 23.3 Å². The molecule has 11 heteroatoms. The van der Waals surface area contributed by atoms with Gasteiger partial charge in [-0.2, -0.15) is 0 Å². The summed E-state index contributed by atoms with van der Waals surface area (Å²) in [5, 5.41) is 17.0. The van der Waals surface area contributed by atoms with Crippen molar-refractivity contribution in [2.24, 2.45) is 17.3 Å². The number of hydrogen-bond donors (Lipinski definition) is 3. The molecule has 1 aromatic rings. The predicted molar refractivity (Wildman–Crippen MR) is 174 cm³/mol. The maximum atomic E-state index is 13.4. The van der Waals surface area contributed by atoms with Crippen LogP contribution in [0, 0.1) is 17.3 Å². The molecule has 11 nitrogen and oxygen atoms in total. The van der Waals surface area contributed by atoms with Crippen molar-refractivity contribution in [1.82, 2.24) is 15.5 Å². The molecule has 2 aliphatic heterocycles. The van der Waals surface area contributed by atoms with Gasteiger partial charge in [0.1, 0.15) is 17.7 Å². The second-order valence-electron chi connectivity index (χ2n) is 16.4. The number of carbonyl (C=O) groups excluding carboxylic acids is 3. The molecule has 0 radical (unpaired) electrons. The van der Waals surface area contributed by atoms with E-state index in [1.54, 1.807) is 21.1 Å². The Morgan fingerprint density at radius 1 is 1.21 bits per heavy atom. The second kappa shape index (κ2) is 10.8. The second-order valence-corrected chi connectivity index (χ2v) is 16.4. The highest BCUT2D eigenvalue weighted by molar-refractivity contribution is 5.86. The number of rotatable bonds is 10. The number of aliphatic hydroxyl groups is 1. The lowest BCUT2D eigenvalue weighted by atomic mass is 9.33. The van der Waals surface area contributed by atoms with Crippen LogP contribution in [0.4, 0.5) is 4.79 Å². The van der Waals surface area contributed by atoms with E-state index in [1.807, 2.05) is 19.9 Å². The molecule has 8 rings (SSSR count). The van der Waals surface area contributed by atoms with E-state index in [0.717, 1.165) is 49.0 Å². The number of hydrogen-bond acceptors (Lipinski definition) is 7. The minimum atomic E-state index is -0.953. The van der Waals surface area contributed by atoms with Gasteiger partial charge in [-0.15, -0.1) is 0 Å². The Kier molecular flexibility index (Phi) is 7.51. The number of likely N-dealkylation sites (N-methyl/N-ethyl adjacent to an activating group) is 2. The quantitative estimate of drug-likeness (QED) is 0.332. The van der Waals surface area contributed by atoms with E-state index in [9.17, 15) is 19.5 Å². The average Bonchev–Trinajstić information content (AvgIpc) is 3.74. The van der Waals surface area contributed by atoms with Crippen LogP contribution in [0.2, 0.25) is 0 Å². The van der Waals surface area contributed by atoms with Gasteiger partial charge >= 0.3 is 6.09 Å². The molecule has 7 aliphatic rings. The van der Waals surface area contributed by atoms with Crippen molar-refractivity contribution in [2.75, 3.05) is 47.4 Å². The third kappa shape index (κ3) is 4.65. The van der Waals surface area contributed by atoms with E-state index in [4.69, 9.17) is 14.2 Å². The fourth-order valence-corrected chi connectivity index (χ4v) is 11.1. The lowest BCUT2D eigenvalue weighted by Crippen LogP contribution is -2.84. The Balaban J connectivity index is 1.21. The number of piperidine rings is 1. The number of likely N-dealkylation sites (tertiary alicyclic amines) is 1. The predicted octanol–water partition coefficient (Wildman–Crippen LogP) is 2.90. The van der Waals surface area contributed by atoms with Crippen molar-refractivity contribution in [3.63, 3.8) is 0 Å². The van der Waals surface area contributed by atoms with Crippen LogP contribution < -0.4 is 20.1 Å². The minimum Gasteiger partial charge on any atom is -0.482 e. The normalized spacial score (nSPS) is 36.6. The number of methoxy groups -OCH3 is 1. The minimum absolute atomic E-state index is 0.0607. The molecule has 8 atom stereocenters. The highest BCUT2D eigenvalue weighted by Crippen LogP contribution is 2.78. The summed E-state index contributed by atoms with van der Waals surface area (Å²) in [4.78, 5) is 38.4. The Morgan fingerprint density at radius 3 is 2.62 bits per heavy atom. The molecule has 2 heterocycles. The van der Waals surface area contributed by atoms with Gasteiger partial charge < -0.3 is 39.3 Å². The molecule has 5 fully saturated rings. The first kappa shape index (κ1) is 32.6. The molecule has 5 aliphatic carbocycles. The van der Waals surface area contributed by atoms with Gasteiger partial charge in [-0.1, -0.05) is 6.07 Å². The summed E-state index contributed by atoms with van der Waals surface area (Å²) in [6.07, 6.45) is 6.52. The van der Waals surface area contributed by atoms with Crippen LogP contribution in [0.3, 0.4) is 0 Å². The SMILES string of the molecule is CO[C@]12CC[C@@]3(C[C@@H]1C(C)(C)O)[C@H]1Cc4ccc(OC(=O)N(C)CCNC(=O)[C@H](C)NC(C)=O)c5c4[C@@]3(CC[N+]1(C)CC1CC1)[C@H]2O5. The zero-order chi connectivity index (χ0) is 33.7. The van der Waals surface area contributed by atoms with Crippen molar-refractivity contribution >= 4 is 17.9 Å². The van der Waals surface area contributed by atoms with Gasteiger partial charge in [0.25, 0.3) is 0 Å². The molecular formula is C36H53N4O7+. The van der Waals surface area contributed by atoms with E-state index < -0.39 is 23.3 Å². The molecule has 0 aromatic heterocycles. The lowest BCUT2D eigenvalue weighted by molar-refractivity contribution is -0.952. The third-order valence-corrected chi connectivity index (χ3v) is 13.3. The summed E-state index contributed by atoms with van der Waals surface area (Å²) in [6.45, 7) is 9.57. The van der Waals surface area contributed by atoms with Crippen LogP contribution in [0.15, 0.2) is 12.1 Å². The average molecular weight is 654 g/mol. The van der Waals surface area contributed by atoms with Crippen molar-refractivity contribution in [1.29, 1.82) is 0 Å². The standard InChI is InChI=1S/C36H52N4O7/c1-21(38-22(2)41)30(42)37-15-16-39(5)32(43)46-25-11-10-24-18-27-34-12-13-36(45-7,26(19-34)33(3,4)44)31-35(34,28(24)29(25)47-31)14-17-40(27,6)20-23-8-9-23/h10-11,21,23,26-27,31,44H,8-9,12-20H2,1-7H3,(H-,37,38,41,42)/p+1/t21-,26+,27+,31+,34+,35-,36+,40?/m0/s1. The van der Waals surface area contributed by atoms with Crippen LogP contribution in [0.1, 0.15) is 77.3 Å². The number of ether oxygens (including phenoxy) is 3. The van der Waals surface area contributed by atoms with E-state index in [1.165, 1.54) is 42.3 Å². The van der Waals surface area contributed by atoms with Crippen LogP contribution in [0.25, 0.3) is 0 Å². The van der Waals surface area contributed by atoms with Gasteiger partial charge in [0.05, 0.1) is 37.2 Å². The van der Waals surface area contributed by atoms with Gasteiger partial charge in [0, 0.05) is 69.8 Å². The smallest absolute Gasteiger partial charge is 0.415 e. The molecule has 3 amide bonds. The van der Waals surface area contributed by atoms with E-state index in [0.29, 0.717) is 17.5 Å². The topological polar surface area (TPSA) is 126 Å².